The summed E-state index contributed by atoms with van der Waals surface area (Å²) in [5.41, 5.74) is 2.53. The van der Waals surface area contributed by atoms with Gasteiger partial charge in [0.05, 0.1) is 17.1 Å². The molecule has 0 saturated heterocycles. The van der Waals surface area contributed by atoms with Crippen LogP contribution >= 0.6 is 0 Å². The number of benzene rings is 2. The van der Waals surface area contributed by atoms with E-state index >= 15 is 0 Å². The van der Waals surface area contributed by atoms with Gasteiger partial charge in [-0.1, -0.05) is 42.5 Å². The van der Waals surface area contributed by atoms with Gasteiger partial charge in [0, 0.05) is 0 Å². The van der Waals surface area contributed by atoms with Gasteiger partial charge in [-0.3, -0.25) is 4.79 Å². The summed E-state index contributed by atoms with van der Waals surface area (Å²) in [6.07, 6.45) is 0.632. The number of carbonyl (C=O) groups excluding carboxylic acids is 2. The lowest BCUT2D eigenvalue weighted by Gasteiger charge is -2.10. The Morgan fingerprint density at radius 2 is 1.70 bits per heavy atom. The molecule has 0 spiro atoms. The van der Waals surface area contributed by atoms with E-state index in [9.17, 15) is 9.59 Å². The Hall–Kier alpha value is -2.75. The van der Waals surface area contributed by atoms with E-state index in [2.05, 4.69) is 10.3 Å². The van der Waals surface area contributed by atoms with Gasteiger partial charge in [-0.25, -0.2) is 4.99 Å². The van der Waals surface area contributed by atoms with Gasteiger partial charge in [0.15, 0.2) is 0 Å². The molecule has 0 radical (unpaired) electrons. The van der Waals surface area contributed by atoms with Crippen LogP contribution in [0.5, 0.6) is 0 Å². The van der Waals surface area contributed by atoms with E-state index in [1.807, 2.05) is 48.5 Å². The molecule has 20 heavy (non-hydrogen) atoms. The fraction of sp³-hybridized carbons (Fsp3) is 0.0625. The minimum atomic E-state index is -0.898. The molecule has 1 aliphatic rings. The fourth-order valence-corrected chi connectivity index (χ4v) is 2.19. The maximum absolute atomic E-state index is 12.2. The van der Waals surface area contributed by atoms with E-state index < -0.39 is 5.92 Å². The Morgan fingerprint density at radius 1 is 1.00 bits per heavy atom. The van der Waals surface area contributed by atoms with Crippen molar-refractivity contribution in [3.8, 4) is 0 Å². The van der Waals surface area contributed by atoms with Crippen LogP contribution in [0, 0.1) is 5.92 Å². The molecular weight excluding hydrogens is 252 g/mol. The van der Waals surface area contributed by atoms with Gasteiger partial charge < -0.3 is 10.1 Å². The Bertz CT molecular complexity index is 693. The highest BCUT2D eigenvalue weighted by Gasteiger charge is 2.28. The maximum atomic E-state index is 12.2. The average Bonchev–Trinajstić information content (AvgIpc) is 2.63. The third-order valence-electron chi connectivity index (χ3n) is 3.19. The Labute approximate surface area is 116 Å². The van der Waals surface area contributed by atoms with Gasteiger partial charge in [0.2, 0.25) is 5.91 Å². The van der Waals surface area contributed by atoms with Crippen molar-refractivity contribution in [3.05, 3.63) is 60.2 Å². The molecule has 3 rings (SSSR count). The molecule has 1 aliphatic heterocycles. The van der Waals surface area contributed by atoms with Gasteiger partial charge in [0.1, 0.15) is 12.2 Å². The van der Waals surface area contributed by atoms with E-state index in [0.29, 0.717) is 23.4 Å². The van der Waals surface area contributed by atoms with Gasteiger partial charge >= 0.3 is 0 Å². The Kier molecular flexibility index (Phi) is 3.13. The minimum absolute atomic E-state index is 0.354. The van der Waals surface area contributed by atoms with Gasteiger partial charge in [0.25, 0.3) is 0 Å². The van der Waals surface area contributed by atoms with Crippen molar-refractivity contribution >= 4 is 29.3 Å². The van der Waals surface area contributed by atoms with E-state index in [1.54, 1.807) is 6.07 Å². The molecule has 4 nitrogen and oxygen atoms in total. The van der Waals surface area contributed by atoms with Crippen LogP contribution in [0.2, 0.25) is 0 Å². The minimum Gasteiger partial charge on any atom is -0.323 e. The summed E-state index contributed by atoms with van der Waals surface area (Å²) < 4.78 is 0. The number of hydrogen-bond acceptors (Lipinski definition) is 3. The highest BCUT2D eigenvalue weighted by Crippen LogP contribution is 2.29. The molecule has 2 aromatic carbocycles. The zero-order valence-electron chi connectivity index (χ0n) is 10.6. The maximum Gasteiger partial charge on any atom is 0.240 e. The van der Waals surface area contributed by atoms with E-state index in [0.717, 1.165) is 5.56 Å². The average molecular weight is 264 g/mol. The second-order valence-corrected chi connectivity index (χ2v) is 4.48. The summed E-state index contributed by atoms with van der Waals surface area (Å²) >= 11 is 0. The second kappa shape index (κ2) is 5.09. The molecule has 0 bridgehead atoms. The molecule has 1 heterocycles. The fourth-order valence-electron chi connectivity index (χ4n) is 2.19. The number of nitrogens with one attached hydrogen (secondary N) is 1. The monoisotopic (exact) mass is 264 g/mol. The van der Waals surface area contributed by atoms with Crippen LogP contribution in [0.15, 0.2) is 59.6 Å². The van der Waals surface area contributed by atoms with Crippen molar-refractivity contribution in [1.82, 2.24) is 0 Å². The number of para-hydroxylation sites is 2. The topological polar surface area (TPSA) is 58.5 Å². The van der Waals surface area contributed by atoms with Crippen LogP contribution in [0.1, 0.15) is 5.56 Å². The van der Waals surface area contributed by atoms with E-state index in [-0.39, 0.29) is 5.91 Å². The van der Waals surface area contributed by atoms with Crippen molar-refractivity contribution in [2.75, 3.05) is 5.32 Å². The number of carbonyl (C=O) groups is 2. The number of fused-ring (bicyclic) bond motifs is 1. The van der Waals surface area contributed by atoms with Gasteiger partial charge in [-0.2, -0.15) is 0 Å². The molecule has 0 aromatic heterocycles. The quantitative estimate of drug-likeness (QED) is 0.669. The lowest BCUT2D eigenvalue weighted by molar-refractivity contribution is -0.122. The normalized spacial score (nSPS) is 17.5. The van der Waals surface area contributed by atoms with E-state index in [1.165, 1.54) is 0 Å². The lowest BCUT2D eigenvalue weighted by atomic mass is 9.97. The predicted molar refractivity (Wildman–Crippen MR) is 77.3 cm³/mol. The second-order valence-electron chi connectivity index (χ2n) is 4.48. The zero-order valence-corrected chi connectivity index (χ0v) is 10.6. The molecule has 0 saturated carbocycles. The Morgan fingerprint density at radius 3 is 2.45 bits per heavy atom. The summed E-state index contributed by atoms with van der Waals surface area (Å²) in [5, 5.41) is 2.74. The summed E-state index contributed by atoms with van der Waals surface area (Å²) in [6.45, 7) is 0. The number of rotatable bonds is 2. The smallest absolute Gasteiger partial charge is 0.240 e. The number of aliphatic imine (C=N–C) groups is 1. The van der Waals surface area contributed by atoms with Crippen molar-refractivity contribution in [2.45, 2.75) is 0 Å². The molecule has 98 valence electrons. The summed E-state index contributed by atoms with van der Waals surface area (Å²) in [7, 11) is 0. The first kappa shape index (κ1) is 12.3. The molecule has 2 aromatic rings. The number of anilines is 1. The number of aldehydes is 1. The van der Waals surface area contributed by atoms with Crippen LogP contribution in [-0.4, -0.2) is 17.9 Å². The van der Waals surface area contributed by atoms with Crippen LogP contribution in [-0.2, 0) is 9.59 Å². The molecule has 1 N–H and O–H groups in total. The number of nitrogens with zero attached hydrogens (tertiary/aromatic N) is 1. The first-order valence-corrected chi connectivity index (χ1v) is 6.29. The molecular formula is C16H12N2O2. The van der Waals surface area contributed by atoms with Crippen LogP contribution < -0.4 is 5.32 Å². The summed E-state index contributed by atoms with van der Waals surface area (Å²) in [5.74, 6) is -1.25. The SMILES string of the molecule is O=CC1C(=O)Nc2ccccc2N=C1c1ccccc1. The molecule has 0 aliphatic carbocycles. The molecule has 4 heteroatoms. The third-order valence-corrected chi connectivity index (χ3v) is 3.19. The lowest BCUT2D eigenvalue weighted by Crippen LogP contribution is -2.30. The standard InChI is InChI=1S/C16H12N2O2/c19-10-12-15(11-6-2-1-3-7-11)17-13-8-4-5-9-14(13)18-16(12)20/h1-10,12H,(H,18,20). The highest BCUT2D eigenvalue weighted by atomic mass is 16.2. The first-order valence-electron chi connectivity index (χ1n) is 6.29. The third kappa shape index (κ3) is 2.12. The van der Waals surface area contributed by atoms with Crippen molar-refractivity contribution in [3.63, 3.8) is 0 Å². The molecule has 1 unspecified atom stereocenters. The molecule has 1 atom stereocenters. The van der Waals surface area contributed by atoms with Crippen LogP contribution in [0.25, 0.3) is 0 Å². The van der Waals surface area contributed by atoms with Crippen LogP contribution in [0.3, 0.4) is 0 Å². The zero-order chi connectivity index (χ0) is 13.9. The summed E-state index contributed by atoms with van der Waals surface area (Å²) in [4.78, 5) is 28.0. The van der Waals surface area contributed by atoms with E-state index in [4.69, 9.17) is 0 Å². The van der Waals surface area contributed by atoms with Gasteiger partial charge in [-0.15, -0.1) is 0 Å². The number of hydrogen-bond donors (Lipinski definition) is 1. The first-order chi connectivity index (χ1) is 9.79. The summed E-state index contributed by atoms with van der Waals surface area (Å²) in [6, 6.07) is 16.5. The van der Waals surface area contributed by atoms with Gasteiger partial charge in [-0.05, 0) is 17.7 Å². The van der Waals surface area contributed by atoms with Crippen molar-refractivity contribution in [1.29, 1.82) is 0 Å². The predicted octanol–water partition coefficient (Wildman–Crippen LogP) is 2.57. The largest absolute Gasteiger partial charge is 0.323 e. The number of amides is 1. The Balaban J connectivity index is 2.19. The highest BCUT2D eigenvalue weighted by molar-refractivity contribution is 6.26. The van der Waals surface area contributed by atoms with Crippen molar-refractivity contribution < 1.29 is 9.59 Å². The molecule has 1 amide bonds. The van der Waals surface area contributed by atoms with Crippen molar-refractivity contribution in [2.24, 2.45) is 10.9 Å². The molecule has 0 fully saturated rings. The van der Waals surface area contributed by atoms with Crippen LogP contribution in [0.4, 0.5) is 11.4 Å².